The van der Waals surface area contributed by atoms with Gasteiger partial charge in [-0.3, -0.25) is 0 Å². The summed E-state index contributed by atoms with van der Waals surface area (Å²) in [6, 6.07) is 9.90. The number of aliphatic hydroxyl groups excluding tert-OH is 3. The summed E-state index contributed by atoms with van der Waals surface area (Å²) in [5.41, 5.74) is 1.16. The molecule has 4 unspecified atom stereocenters. The number of aryl methyl sites for hydroxylation is 1. The zero-order valence-electron chi connectivity index (χ0n) is 14.9. The van der Waals surface area contributed by atoms with E-state index in [1.54, 1.807) is 18.2 Å². The van der Waals surface area contributed by atoms with E-state index in [0.29, 0.717) is 19.3 Å². The Balaban J connectivity index is 1.62. The summed E-state index contributed by atoms with van der Waals surface area (Å²) in [6.45, 7) is 0. The van der Waals surface area contributed by atoms with Crippen LogP contribution < -0.4 is 0 Å². The molecule has 0 spiro atoms. The highest BCUT2D eigenvalue weighted by Crippen LogP contribution is 2.14. The van der Waals surface area contributed by atoms with Crippen LogP contribution in [-0.2, 0) is 16.0 Å². The molecule has 1 aromatic carbocycles. The van der Waals surface area contributed by atoms with Crippen LogP contribution in [0.15, 0.2) is 54.6 Å². The van der Waals surface area contributed by atoms with E-state index in [4.69, 9.17) is 4.74 Å². The Morgan fingerprint density at radius 3 is 2.54 bits per heavy atom. The minimum atomic E-state index is -0.750. The van der Waals surface area contributed by atoms with Gasteiger partial charge in [-0.25, -0.2) is 4.79 Å². The molecule has 1 aromatic rings. The molecule has 1 aliphatic rings. The molecular weight excluding hydrogens is 332 g/mol. The first kappa shape index (κ1) is 20.4. The molecule has 0 saturated heterocycles. The van der Waals surface area contributed by atoms with E-state index < -0.39 is 18.3 Å². The molecule has 26 heavy (non-hydrogen) atoms. The maximum atomic E-state index is 11.1. The maximum absolute atomic E-state index is 11.1. The molecule has 0 aliphatic carbocycles. The highest BCUT2D eigenvalue weighted by molar-refractivity contribution is 5.82. The van der Waals surface area contributed by atoms with E-state index in [2.05, 4.69) is 0 Å². The fourth-order valence-corrected chi connectivity index (χ4v) is 2.96. The van der Waals surface area contributed by atoms with Crippen LogP contribution in [0.25, 0.3) is 0 Å². The number of carbonyl (C=O) groups excluding carboxylic acids is 1. The summed E-state index contributed by atoms with van der Waals surface area (Å²) < 4.78 is 5.09. The van der Waals surface area contributed by atoms with Crippen molar-refractivity contribution in [3.05, 3.63) is 60.2 Å². The average molecular weight is 360 g/mol. The predicted octanol–water partition coefficient (Wildman–Crippen LogP) is 2.30. The molecule has 1 heterocycles. The van der Waals surface area contributed by atoms with Crippen molar-refractivity contribution in [2.75, 3.05) is 0 Å². The van der Waals surface area contributed by atoms with Crippen molar-refractivity contribution in [2.24, 2.45) is 0 Å². The van der Waals surface area contributed by atoms with Crippen LogP contribution in [0.4, 0.5) is 0 Å². The van der Waals surface area contributed by atoms with Crippen molar-refractivity contribution in [2.45, 2.75) is 62.9 Å². The largest absolute Gasteiger partial charge is 0.455 e. The fraction of sp³-hybridized carbons (Fsp3) is 0.476. The second-order valence-electron chi connectivity index (χ2n) is 6.73. The topological polar surface area (TPSA) is 87.0 Å². The first-order chi connectivity index (χ1) is 12.5. The minimum absolute atomic E-state index is 0.205. The lowest BCUT2D eigenvalue weighted by Crippen LogP contribution is -2.23. The molecule has 3 N–H and O–H groups in total. The third-order valence-electron chi connectivity index (χ3n) is 4.35. The van der Waals surface area contributed by atoms with Gasteiger partial charge in [0.05, 0.1) is 18.3 Å². The summed E-state index contributed by atoms with van der Waals surface area (Å²) in [5.74, 6) is -0.355. The normalized spacial score (nSPS) is 20.7. The molecule has 0 fully saturated rings. The number of hydrogen-bond acceptors (Lipinski definition) is 5. The van der Waals surface area contributed by atoms with Crippen LogP contribution in [0.5, 0.6) is 0 Å². The molecule has 5 nitrogen and oxygen atoms in total. The molecule has 5 heteroatoms. The summed E-state index contributed by atoms with van der Waals surface area (Å²) in [7, 11) is 0. The molecule has 0 amide bonds. The Hall–Kier alpha value is -1.95. The van der Waals surface area contributed by atoms with E-state index in [1.807, 2.05) is 30.3 Å². The number of ether oxygens (including phenoxy) is 1. The van der Waals surface area contributed by atoms with Gasteiger partial charge in [-0.1, -0.05) is 42.5 Å². The van der Waals surface area contributed by atoms with E-state index in [1.165, 1.54) is 6.08 Å². The van der Waals surface area contributed by atoms with Gasteiger partial charge in [-0.15, -0.1) is 0 Å². The molecule has 4 atom stereocenters. The van der Waals surface area contributed by atoms with E-state index in [-0.39, 0.29) is 24.9 Å². The van der Waals surface area contributed by atoms with Gasteiger partial charge in [0.1, 0.15) is 6.10 Å². The molecule has 0 saturated carbocycles. The Morgan fingerprint density at radius 1 is 1.08 bits per heavy atom. The standard InChI is InChI=1S/C21H28O5/c22-17(8-4-9-20-10-5-11-21(25)26-20)14-19(24)15-18(23)13-12-16-6-2-1-3-7-16/h1-7,9,11,17-20,22-24H,8,10,12-15H2. The quantitative estimate of drug-likeness (QED) is 0.440. The van der Waals surface area contributed by atoms with E-state index in [0.717, 1.165) is 12.0 Å². The molecular formula is C21H28O5. The zero-order chi connectivity index (χ0) is 18.8. The van der Waals surface area contributed by atoms with Gasteiger partial charge in [0, 0.05) is 12.5 Å². The fourth-order valence-electron chi connectivity index (χ4n) is 2.96. The third kappa shape index (κ3) is 7.95. The minimum Gasteiger partial charge on any atom is -0.455 e. The Bertz CT molecular complexity index is 596. The van der Waals surface area contributed by atoms with Gasteiger partial charge in [0.15, 0.2) is 0 Å². The lowest BCUT2D eigenvalue weighted by molar-refractivity contribution is -0.141. The van der Waals surface area contributed by atoms with Crippen molar-refractivity contribution in [1.29, 1.82) is 0 Å². The zero-order valence-corrected chi connectivity index (χ0v) is 14.9. The van der Waals surface area contributed by atoms with E-state index >= 15 is 0 Å². The van der Waals surface area contributed by atoms with Gasteiger partial charge in [0.2, 0.25) is 0 Å². The second-order valence-corrected chi connectivity index (χ2v) is 6.73. The first-order valence-electron chi connectivity index (χ1n) is 9.15. The van der Waals surface area contributed by atoms with Crippen LogP contribution in [0.3, 0.4) is 0 Å². The highest BCUT2D eigenvalue weighted by Gasteiger charge is 2.16. The lowest BCUT2D eigenvalue weighted by atomic mass is 9.99. The smallest absolute Gasteiger partial charge is 0.331 e. The number of aliphatic hydroxyl groups is 3. The predicted molar refractivity (Wildman–Crippen MR) is 99.4 cm³/mol. The van der Waals surface area contributed by atoms with Crippen molar-refractivity contribution < 1.29 is 24.9 Å². The Morgan fingerprint density at radius 2 is 1.81 bits per heavy atom. The van der Waals surface area contributed by atoms with Crippen LogP contribution in [0.1, 0.15) is 37.7 Å². The first-order valence-corrected chi connectivity index (χ1v) is 9.15. The third-order valence-corrected chi connectivity index (χ3v) is 4.35. The van der Waals surface area contributed by atoms with Crippen molar-refractivity contribution in [1.82, 2.24) is 0 Å². The summed E-state index contributed by atoms with van der Waals surface area (Å²) in [5, 5.41) is 30.1. The van der Waals surface area contributed by atoms with Crippen LogP contribution in [0.2, 0.25) is 0 Å². The highest BCUT2D eigenvalue weighted by atomic mass is 16.5. The summed E-state index contributed by atoms with van der Waals surface area (Å²) in [4.78, 5) is 11.1. The van der Waals surface area contributed by atoms with Crippen LogP contribution in [0, 0.1) is 0 Å². The number of carbonyl (C=O) groups is 1. The molecule has 142 valence electrons. The van der Waals surface area contributed by atoms with Crippen molar-refractivity contribution >= 4 is 5.97 Å². The number of hydrogen-bond donors (Lipinski definition) is 3. The second kappa shape index (κ2) is 10.9. The molecule has 0 aromatic heterocycles. The Labute approximate surface area is 154 Å². The molecule has 2 rings (SSSR count). The average Bonchev–Trinajstić information content (AvgIpc) is 2.61. The van der Waals surface area contributed by atoms with Gasteiger partial charge < -0.3 is 20.1 Å². The van der Waals surface area contributed by atoms with Gasteiger partial charge >= 0.3 is 5.97 Å². The summed E-state index contributed by atoms with van der Waals surface area (Å²) in [6.07, 6.45) is 7.15. The van der Waals surface area contributed by atoms with Gasteiger partial charge in [0.25, 0.3) is 0 Å². The SMILES string of the molecule is O=C1C=CCC(C=CCC(O)CC(O)CC(O)CCc2ccccc2)O1. The van der Waals surface area contributed by atoms with Crippen molar-refractivity contribution in [3.8, 4) is 0 Å². The molecule has 0 bridgehead atoms. The summed E-state index contributed by atoms with van der Waals surface area (Å²) >= 11 is 0. The Kier molecular flexibility index (Phi) is 8.54. The molecule has 0 radical (unpaired) electrons. The van der Waals surface area contributed by atoms with Gasteiger partial charge in [-0.05, 0) is 43.7 Å². The number of benzene rings is 1. The van der Waals surface area contributed by atoms with Gasteiger partial charge in [-0.2, -0.15) is 0 Å². The number of cyclic esters (lactones) is 1. The monoisotopic (exact) mass is 360 g/mol. The van der Waals surface area contributed by atoms with E-state index in [9.17, 15) is 20.1 Å². The number of esters is 1. The van der Waals surface area contributed by atoms with Crippen molar-refractivity contribution in [3.63, 3.8) is 0 Å². The molecule has 1 aliphatic heterocycles. The number of rotatable bonds is 10. The van der Waals surface area contributed by atoms with Crippen LogP contribution in [-0.4, -0.2) is 45.7 Å². The maximum Gasteiger partial charge on any atom is 0.331 e. The van der Waals surface area contributed by atoms with Crippen LogP contribution >= 0.6 is 0 Å². The lowest BCUT2D eigenvalue weighted by Gasteiger charge is -2.18.